The Labute approximate surface area is 177 Å². The first-order valence-electron chi connectivity index (χ1n) is 10.3. The summed E-state index contributed by atoms with van der Waals surface area (Å²) in [5.74, 6) is 0.613. The summed E-state index contributed by atoms with van der Waals surface area (Å²) in [5.41, 5.74) is 2.73. The third-order valence-electron chi connectivity index (χ3n) is 5.58. The highest BCUT2D eigenvalue weighted by Gasteiger charge is 2.15. The second-order valence-corrected chi connectivity index (χ2v) is 8.99. The Morgan fingerprint density at radius 1 is 1.03 bits per heavy atom. The van der Waals surface area contributed by atoms with Crippen LogP contribution in [0.5, 0.6) is 0 Å². The van der Waals surface area contributed by atoms with Gasteiger partial charge in [0.1, 0.15) is 5.82 Å². The van der Waals surface area contributed by atoms with Gasteiger partial charge >= 0.3 is 0 Å². The van der Waals surface area contributed by atoms with E-state index in [1.165, 1.54) is 6.42 Å². The van der Waals surface area contributed by atoms with Crippen molar-refractivity contribution in [2.75, 3.05) is 5.32 Å². The lowest BCUT2D eigenvalue weighted by atomic mass is 10.1. The number of carbonyl (C=O) groups is 1. The number of aryl methyl sites for hydroxylation is 2. The molecular weight excluding hydrogens is 396 g/mol. The van der Waals surface area contributed by atoms with Crippen LogP contribution in [0.15, 0.2) is 41.2 Å². The minimum Gasteiger partial charge on any atom is -0.322 e. The van der Waals surface area contributed by atoms with Gasteiger partial charge in [-0.3, -0.25) is 14.2 Å². The van der Waals surface area contributed by atoms with Gasteiger partial charge in [0.25, 0.3) is 11.5 Å². The molecule has 152 valence electrons. The number of aromatic nitrogens is 3. The first kappa shape index (κ1) is 18.9. The molecule has 0 saturated heterocycles. The maximum atomic E-state index is 13.0. The summed E-state index contributed by atoms with van der Waals surface area (Å²) in [7, 11) is 0. The molecule has 1 aliphatic heterocycles. The number of thiazole rings is 1. The van der Waals surface area contributed by atoms with E-state index in [2.05, 4.69) is 10.3 Å². The zero-order valence-electron chi connectivity index (χ0n) is 16.8. The second-order valence-electron chi connectivity index (χ2n) is 7.75. The standard InChI is InChI=1S/C23H22N4O2S/c1-14-24-18-10-8-16(13-20(18)30-14)25-22(28)15-7-9-17-19(12-15)26-21-6-4-2-3-5-11-27(21)23(17)29/h7-10,12-13H,2-6,11H2,1H3,(H,25,28). The average Bonchev–Trinajstić information content (AvgIpc) is 3.08. The average molecular weight is 419 g/mol. The minimum absolute atomic E-state index is 0.00475. The predicted molar refractivity (Wildman–Crippen MR) is 120 cm³/mol. The fourth-order valence-electron chi connectivity index (χ4n) is 4.06. The molecule has 1 aliphatic rings. The van der Waals surface area contributed by atoms with Gasteiger partial charge in [-0.2, -0.15) is 0 Å². The van der Waals surface area contributed by atoms with E-state index in [-0.39, 0.29) is 11.5 Å². The van der Waals surface area contributed by atoms with E-state index >= 15 is 0 Å². The van der Waals surface area contributed by atoms with Gasteiger partial charge in [0, 0.05) is 24.2 Å². The molecule has 3 heterocycles. The van der Waals surface area contributed by atoms with Crippen molar-refractivity contribution in [2.24, 2.45) is 0 Å². The molecule has 30 heavy (non-hydrogen) atoms. The molecule has 0 unspecified atom stereocenters. The van der Waals surface area contributed by atoms with Gasteiger partial charge in [-0.15, -0.1) is 11.3 Å². The van der Waals surface area contributed by atoms with Crippen LogP contribution in [-0.2, 0) is 13.0 Å². The molecule has 0 atom stereocenters. The van der Waals surface area contributed by atoms with Crippen LogP contribution in [0.25, 0.3) is 21.1 Å². The van der Waals surface area contributed by atoms with Crippen molar-refractivity contribution in [1.29, 1.82) is 0 Å². The molecular formula is C23H22N4O2S. The first-order chi connectivity index (χ1) is 14.6. The SMILES string of the molecule is Cc1nc2ccc(NC(=O)c3ccc4c(=O)n5c(nc4c3)CCCCCC5)cc2s1. The van der Waals surface area contributed by atoms with Crippen LogP contribution in [-0.4, -0.2) is 20.4 Å². The van der Waals surface area contributed by atoms with Gasteiger partial charge in [-0.25, -0.2) is 9.97 Å². The quantitative estimate of drug-likeness (QED) is 0.513. The van der Waals surface area contributed by atoms with Crippen molar-refractivity contribution >= 4 is 44.1 Å². The van der Waals surface area contributed by atoms with Crippen molar-refractivity contribution < 1.29 is 4.79 Å². The van der Waals surface area contributed by atoms with Crippen molar-refractivity contribution in [3.8, 4) is 0 Å². The number of carbonyl (C=O) groups excluding carboxylic acids is 1. The zero-order valence-corrected chi connectivity index (χ0v) is 17.6. The molecule has 0 radical (unpaired) electrons. The van der Waals surface area contributed by atoms with Gasteiger partial charge in [-0.05, 0) is 56.2 Å². The number of amides is 1. The monoisotopic (exact) mass is 418 g/mol. The van der Waals surface area contributed by atoms with Crippen LogP contribution in [0, 0.1) is 6.92 Å². The van der Waals surface area contributed by atoms with Crippen LogP contribution < -0.4 is 10.9 Å². The van der Waals surface area contributed by atoms with Crippen LogP contribution in [0.3, 0.4) is 0 Å². The van der Waals surface area contributed by atoms with Gasteiger partial charge in [0.15, 0.2) is 0 Å². The third kappa shape index (κ3) is 3.50. The van der Waals surface area contributed by atoms with E-state index in [0.29, 0.717) is 16.5 Å². The summed E-state index contributed by atoms with van der Waals surface area (Å²) in [4.78, 5) is 35.0. The summed E-state index contributed by atoms with van der Waals surface area (Å²) in [6.45, 7) is 2.69. The lowest BCUT2D eigenvalue weighted by molar-refractivity contribution is 0.102. The Kier molecular flexibility index (Phi) is 4.83. The van der Waals surface area contributed by atoms with Crippen LogP contribution in [0.1, 0.15) is 46.9 Å². The molecule has 1 N–H and O–H groups in total. The van der Waals surface area contributed by atoms with Crippen molar-refractivity contribution in [1.82, 2.24) is 14.5 Å². The number of fused-ring (bicyclic) bond motifs is 3. The minimum atomic E-state index is -0.217. The molecule has 0 aliphatic carbocycles. The fraction of sp³-hybridized carbons (Fsp3) is 0.304. The summed E-state index contributed by atoms with van der Waals surface area (Å²) in [6, 6.07) is 10.9. The van der Waals surface area contributed by atoms with Crippen LogP contribution in [0.4, 0.5) is 5.69 Å². The number of nitrogens with one attached hydrogen (secondary N) is 1. The van der Waals surface area contributed by atoms with E-state index in [1.807, 2.05) is 29.7 Å². The van der Waals surface area contributed by atoms with Crippen molar-refractivity contribution in [3.05, 3.63) is 63.1 Å². The molecule has 2 aromatic carbocycles. The lowest BCUT2D eigenvalue weighted by Gasteiger charge is -2.16. The second kappa shape index (κ2) is 7.65. The molecule has 0 bridgehead atoms. The van der Waals surface area contributed by atoms with E-state index < -0.39 is 0 Å². The van der Waals surface area contributed by atoms with E-state index in [9.17, 15) is 9.59 Å². The number of anilines is 1. The topological polar surface area (TPSA) is 76.9 Å². The van der Waals surface area contributed by atoms with Crippen LogP contribution >= 0.6 is 11.3 Å². The van der Waals surface area contributed by atoms with Gasteiger partial charge in [0.05, 0.1) is 26.1 Å². The number of benzene rings is 2. The molecule has 6 nitrogen and oxygen atoms in total. The molecule has 0 saturated carbocycles. The maximum Gasteiger partial charge on any atom is 0.261 e. The Bertz CT molecular complexity index is 1340. The summed E-state index contributed by atoms with van der Waals surface area (Å²) in [5, 5.41) is 4.51. The number of nitrogens with zero attached hydrogens (tertiary/aromatic N) is 3. The molecule has 2 aromatic heterocycles. The summed E-state index contributed by atoms with van der Waals surface area (Å²) < 4.78 is 2.85. The van der Waals surface area contributed by atoms with Crippen molar-refractivity contribution in [3.63, 3.8) is 0 Å². The molecule has 0 spiro atoms. The lowest BCUT2D eigenvalue weighted by Crippen LogP contribution is -2.26. The van der Waals surface area contributed by atoms with Gasteiger partial charge in [0.2, 0.25) is 0 Å². The number of hydrogen-bond acceptors (Lipinski definition) is 5. The molecule has 0 fully saturated rings. The zero-order chi connectivity index (χ0) is 20.7. The maximum absolute atomic E-state index is 13.0. The predicted octanol–water partition coefficient (Wildman–Crippen LogP) is 4.68. The molecule has 5 rings (SSSR count). The Morgan fingerprint density at radius 2 is 1.90 bits per heavy atom. The van der Waals surface area contributed by atoms with Gasteiger partial charge in [-0.1, -0.05) is 12.8 Å². The number of hydrogen-bond donors (Lipinski definition) is 1. The third-order valence-corrected chi connectivity index (χ3v) is 6.52. The Hall–Kier alpha value is -3.06. The first-order valence-corrected chi connectivity index (χ1v) is 11.1. The fourth-order valence-corrected chi connectivity index (χ4v) is 4.92. The summed E-state index contributed by atoms with van der Waals surface area (Å²) in [6.07, 6.45) is 5.16. The van der Waals surface area contributed by atoms with E-state index in [0.717, 1.165) is 59.0 Å². The van der Waals surface area contributed by atoms with Crippen molar-refractivity contribution in [2.45, 2.75) is 45.6 Å². The van der Waals surface area contributed by atoms with E-state index in [1.54, 1.807) is 29.5 Å². The molecule has 4 aromatic rings. The highest BCUT2D eigenvalue weighted by molar-refractivity contribution is 7.18. The molecule has 1 amide bonds. The van der Waals surface area contributed by atoms with Crippen LogP contribution in [0.2, 0.25) is 0 Å². The number of rotatable bonds is 2. The van der Waals surface area contributed by atoms with Gasteiger partial charge < -0.3 is 5.32 Å². The Balaban J connectivity index is 1.48. The smallest absolute Gasteiger partial charge is 0.261 e. The highest BCUT2D eigenvalue weighted by Crippen LogP contribution is 2.25. The summed E-state index contributed by atoms with van der Waals surface area (Å²) >= 11 is 1.60. The molecule has 7 heteroatoms. The van der Waals surface area contributed by atoms with E-state index in [4.69, 9.17) is 4.98 Å². The highest BCUT2D eigenvalue weighted by atomic mass is 32.1. The normalized spacial score (nSPS) is 14.3. The largest absolute Gasteiger partial charge is 0.322 e. The Morgan fingerprint density at radius 3 is 2.80 bits per heavy atom.